The first-order valence-corrected chi connectivity index (χ1v) is 5.38. The van der Waals surface area contributed by atoms with Gasteiger partial charge >= 0.3 is 0 Å². The number of benzene rings is 2. The molecule has 0 fully saturated rings. The third kappa shape index (κ3) is 3.08. The highest BCUT2D eigenvalue weighted by molar-refractivity contribution is 5.78. The van der Waals surface area contributed by atoms with Gasteiger partial charge in [-0.15, -0.1) is 0 Å². The van der Waals surface area contributed by atoms with Crippen LogP contribution in [0.3, 0.4) is 0 Å². The number of rotatable bonds is 2. The van der Waals surface area contributed by atoms with Gasteiger partial charge in [-0.2, -0.15) is 4.99 Å². The van der Waals surface area contributed by atoms with Crippen LogP contribution < -0.4 is 10.5 Å². The molecule has 0 saturated carbocycles. The molecule has 2 aromatic carbocycles. The maximum atomic E-state index is 5.73. The molecule has 3 nitrogen and oxygen atoms in total. The molecule has 0 radical (unpaired) electrons. The van der Waals surface area contributed by atoms with Gasteiger partial charge in [0.25, 0.3) is 6.02 Å². The predicted molar refractivity (Wildman–Crippen MR) is 69.5 cm³/mol. The molecule has 17 heavy (non-hydrogen) atoms. The Morgan fingerprint density at radius 2 is 1.65 bits per heavy atom. The minimum Gasteiger partial charge on any atom is -0.426 e. The van der Waals surface area contributed by atoms with Crippen LogP contribution in [-0.2, 0) is 0 Å². The summed E-state index contributed by atoms with van der Waals surface area (Å²) in [5.74, 6) is 0.683. The summed E-state index contributed by atoms with van der Waals surface area (Å²) in [6.07, 6.45) is 0. The van der Waals surface area contributed by atoms with E-state index in [4.69, 9.17) is 10.5 Å². The highest BCUT2D eigenvalue weighted by atomic mass is 16.5. The van der Waals surface area contributed by atoms with Gasteiger partial charge in [-0.05, 0) is 30.7 Å². The van der Waals surface area contributed by atoms with Crippen LogP contribution in [0.25, 0.3) is 0 Å². The second-order valence-electron chi connectivity index (χ2n) is 3.65. The topological polar surface area (TPSA) is 47.6 Å². The van der Waals surface area contributed by atoms with Crippen molar-refractivity contribution in [3.63, 3.8) is 0 Å². The predicted octanol–water partition coefficient (Wildman–Crippen LogP) is 3.02. The van der Waals surface area contributed by atoms with E-state index in [1.54, 1.807) is 0 Å². The summed E-state index contributed by atoms with van der Waals surface area (Å²) in [4.78, 5) is 4.23. The van der Waals surface area contributed by atoms with Gasteiger partial charge in [-0.25, -0.2) is 0 Å². The summed E-state index contributed by atoms with van der Waals surface area (Å²) in [5.41, 5.74) is 7.62. The summed E-state index contributed by atoms with van der Waals surface area (Å²) >= 11 is 0. The summed E-state index contributed by atoms with van der Waals surface area (Å²) < 4.78 is 5.40. The van der Waals surface area contributed by atoms with E-state index in [2.05, 4.69) is 4.99 Å². The van der Waals surface area contributed by atoms with Crippen LogP contribution in [0, 0.1) is 6.92 Å². The number of ether oxygens (including phenoxy) is 1. The zero-order valence-corrected chi connectivity index (χ0v) is 9.63. The first-order valence-electron chi connectivity index (χ1n) is 5.38. The number of nitrogens with zero attached hydrogens (tertiary/aromatic N) is 1. The Labute approximate surface area is 101 Å². The molecular weight excluding hydrogens is 212 g/mol. The Morgan fingerprint density at radius 3 is 2.35 bits per heavy atom. The lowest BCUT2D eigenvalue weighted by molar-refractivity contribution is 0.543. The number of hydrogen-bond acceptors (Lipinski definition) is 2. The smallest absolute Gasteiger partial charge is 0.292 e. The molecule has 0 aromatic heterocycles. The summed E-state index contributed by atoms with van der Waals surface area (Å²) in [5, 5.41) is 0. The van der Waals surface area contributed by atoms with E-state index >= 15 is 0 Å². The normalized spacial score (nSPS) is 11.2. The highest BCUT2D eigenvalue weighted by Gasteiger charge is 1.99. The van der Waals surface area contributed by atoms with Crippen LogP contribution in [0.2, 0.25) is 0 Å². The van der Waals surface area contributed by atoms with E-state index in [-0.39, 0.29) is 6.02 Å². The average Bonchev–Trinajstić information content (AvgIpc) is 2.33. The SMILES string of the molecule is Cc1ccccc1N=C(N)Oc1ccccc1. The molecule has 0 atom stereocenters. The molecule has 0 aliphatic carbocycles. The van der Waals surface area contributed by atoms with Gasteiger partial charge in [0.15, 0.2) is 0 Å². The lowest BCUT2D eigenvalue weighted by Gasteiger charge is -2.05. The van der Waals surface area contributed by atoms with Gasteiger partial charge in [0.1, 0.15) is 5.75 Å². The van der Waals surface area contributed by atoms with Crippen molar-refractivity contribution in [2.45, 2.75) is 6.92 Å². The Balaban J connectivity index is 2.16. The van der Waals surface area contributed by atoms with E-state index in [1.165, 1.54) is 0 Å². The molecular formula is C14H14N2O. The van der Waals surface area contributed by atoms with Crippen molar-refractivity contribution in [2.24, 2.45) is 10.7 Å². The van der Waals surface area contributed by atoms with Crippen molar-refractivity contribution in [3.05, 3.63) is 60.2 Å². The van der Waals surface area contributed by atoms with E-state index in [0.29, 0.717) is 5.75 Å². The fourth-order valence-corrected chi connectivity index (χ4v) is 1.44. The Morgan fingerprint density at radius 1 is 1.00 bits per heavy atom. The summed E-state index contributed by atoms with van der Waals surface area (Å²) in [6.45, 7) is 1.98. The zero-order chi connectivity index (χ0) is 12.1. The van der Waals surface area contributed by atoms with Gasteiger partial charge in [-0.3, -0.25) is 0 Å². The second kappa shape index (κ2) is 5.16. The zero-order valence-electron chi connectivity index (χ0n) is 9.63. The van der Waals surface area contributed by atoms with Crippen molar-refractivity contribution < 1.29 is 4.74 Å². The van der Waals surface area contributed by atoms with Crippen molar-refractivity contribution in [1.82, 2.24) is 0 Å². The summed E-state index contributed by atoms with van der Waals surface area (Å²) in [7, 11) is 0. The Hall–Kier alpha value is -2.29. The second-order valence-corrected chi connectivity index (χ2v) is 3.65. The molecule has 0 bridgehead atoms. The van der Waals surface area contributed by atoms with E-state index in [0.717, 1.165) is 11.3 Å². The van der Waals surface area contributed by atoms with Crippen LogP contribution in [0.1, 0.15) is 5.56 Å². The van der Waals surface area contributed by atoms with Crippen molar-refractivity contribution in [1.29, 1.82) is 0 Å². The average molecular weight is 226 g/mol. The molecule has 0 aliphatic heterocycles. The molecule has 2 rings (SSSR count). The van der Waals surface area contributed by atoms with Crippen LogP contribution >= 0.6 is 0 Å². The Bertz CT molecular complexity index is 521. The van der Waals surface area contributed by atoms with Crippen molar-refractivity contribution >= 4 is 11.7 Å². The largest absolute Gasteiger partial charge is 0.426 e. The molecule has 0 saturated heterocycles. The molecule has 0 unspecified atom stereocenters. The molecule has 86 valence electrons. The fraction of sp³-hybridized carbons (Fsp3) is 0.0714. The van der Waals surface area contributed by atoms with Crippen LogP contribution in [-0.4, -0.2) is 6.02 Å². The number of hydrogen-bond donors (Lipinski definition) is 1. The number of para-hydroxylation sites is 2. The number of amidine groups is 1. The molecule has 2 N–H and O–H groups in total. The molecule has 0 aliphatic rings. The van der Waals surface area contributed by atoms with Crippen molar-refractivity contribution in [2.75, 3.05) is 0 Å². The van der Waals surface area contributed by atoms with Crippen LogP contribution in [0.15, 0.2) is 59.6 Å². The monoisotopic (exact) mass is 226 g/mol. The number of nitrogens with two attached hydrogens (primary N) is 1. The minimum atomic E-state index is 0.144. The fourth-order valence-electron chi connectivity index (χ4n) is 1.44. The van der Waals surface area contributed by atoms with Gasteiger partial charge in [0.05, 0.1) is 5.69 Å². The third-order valence-electron chi connectivity index (χ3n) is 2.31. The first-order chi connectivity index (χ1) is 8.25. The minimum absolute atomic E-state index is 0.144. The standard InChI is InChI=1S/C14H14N2O/c1-11-7-5-6-10-13(11)16-14(15)17-12-8-3-2-4-9-12/h2-10H,1H3,(H2,15,16). The quantitative estimate of drug-likeness (QED) is 0.632. The van der Waals surface area contributed by atoms with Gasteiger partial charge < -0.3 is 10.5 Å². The van der Waals surface area contributed by atoms with E-state index in [9.17, 15) is 0 Å². The molecule has 0 amide bonds. The van der Waals surface area contributed by atoms with E-state index < -0.39 is 0 Å². The first kappa shape index (κ1) is 11.2. The lowest BCUT2D eigenvalue weighted by atomic mass is 10.2. The number of aryl methyl sites for hydroxylation is 1. The maximum Gasteiger partial charge on any atom is 0.292 e. The van der Waals surface area contributed by atoms with Crippen LogP contribution in [0.5, 0.6) is 5.75 Å². The van der Waals surface area contributed by atoms with Crippen molar-refractivity contribution in [3.8, 4) is 5.75 Å². The molecule has 2 aromatic rings. The van der Waals surface area contributed by atoms with Crippen LogP contribution in [0.4, 0.5) is 5.69 Å². The van der Waals surface area contributed by atoms with Gasteiger partial charge in [-0.1, -0.05) is 36.4 Å². The highest BCUT2D eigenvalue weighted by Crippen LogP contribution is 2.17. The van der Waals surface area contributed by atoms with E-state index in [1.807, 2.05) is 61.5 Å². The van der Waals surface area contributed by atoms with Gasteiger partial charge in [0, 0.05) is 0 Å². The Kier molecular flexibility index (Phi) is 3.40. The molecule has 0 heterocycles. The number of aliphatic imine (C=N–C) groups is 1. The summed E-state index contributed by atoms with van der Waals surface area (Å²) in [6, 6.07) is 17.3. The third-order valence-corrected chi connectivity index (χ3v) is 2.31. The molecule has 0 spiro atoms. The van der Waals surface area contributed by atoms with Gasteiger partial charge in [0.2, 0.25) is 0 Å². The maximum absolute atomic E-state index is 5.73. The molecule has 3 heteroatoms. The lowest BCUT2D eigenvalue weighted by Crippen LogP contribution is -2.19.